The smallest absolute Gasteiger partial charge is 0.306 e. The minimum Gasteiger partial charge on any atom is -0.481 e. The number of aromatic nitrogens is 1. The Morgan fingerprint density at radius 2 is 2.19 bits per heavy atom. The predicted octanol–water partition coefficient (Wildman–Crippen LogP) is 2.13. The standard InChI is InChI=1S/C12H15NO3/c14-12(15)8-4-5-9-10(6-8)16-11(13-9)7-2-1-3-7/h7-8H,1-6H2,(H,14,15). The van der Waals surface area contributed by atoms with E-state index in [9.17, 15) is 4.79 Å². The van der Waals surface area contributed by atoms with Crippen molar-refractivity contribution in [1.82, 2.24) is 4.98 Å². The molecule has 1 unspecified atom stereocenters. The molecule has 1 N–H and O–H groups in total. The normalized spacial score (nSPS) is 24.9. The summed E-state index contributed by atoms with van der Waals surface area (Å²) in [5, 5.41) is 8.98. The number of fused-ring (bicyclic) bond motifs is 1. The summed E-state index contributed by atoms with van der Waals surface area (Å²) < 4.78 is 5.72. The van der Waals surface area contributed by atoms with Gasteiger partial charge in [0.1, 0.15) is 5.76 Å². The summed E-state index contributed by atoms with van der Waals surface area (Å²) >= 11 is 0. The van der Waals surface area contributed by atoms with E-state index in [1.165, 1.54) is 19.3 Å². The van der Waals surface area contributed by atoms with Gasteiger partial charge in [-0.1, -0.05) is 6.42 Å². The summed E-state index contributed by atoms with van der Waals surface area (Å²) in [6.07, 6.45) is 5.56. The lowest BCUT2D eigenvalue weighted by Gasteiger charge is -2.21. The molecule has 0 aromatic carbocycles. The van der Waals surface area contributed by atoms with Crippen LogP contribution < -0.4 is 0 Å². The van der Waals surface area contributed by atoms with Gasteiger partial charge in [0, 0.05) is 12.3 Å². The number of hydrogen-bond acceptors (Lipinski definition) is 3. The SMILES string of the molecule is O=C(O)C1CCc2nc(C3CCC3)oc2C1. The second-order valence-corrected chi connectivity index (χ2v) is 4.83. The van der Waals surface area contributed by atoms with E-state index in [0.717, 1.165) is 23.8 Å². The van der Waals surface area contributed by atoms with Gasteiger partial charge in [0.05, 0.1) is 11.6 Å². The first-order valence-electron chi connectivity index (χ1n) is 5.95. The van der Waals surface area contributed by atoms with Gasteiger partial charge >= 0.3 is 5.97 Å². The van der Waals surface area contributed by atoms with Crippen molar-refractivity contribution >= 4 is 5.97 Å². The van der Waals surface area contributed by atoms with Crippen LogP contribution in [0, 0.1) is 5.92 Å². The molecule has 1 saturated carbocycles. The van der Waals surface area contributed by atoms with Gasteiger partial charge in [0.25, 0.3) is 0 Å². The van der Waals surface area contributed by atoms with E-state index in [1.807, 2.05) is 0 Å². The number of hydrogen-bond donors (Lipinski definition) is 1. The van der Waals surface area contributed by atoms with Crippen LogP contribution in [0.2, 0.25) is 0 Å². The Bertz CT molecular complexity index is 420. The number of oxazole rings is 1. The Hall–Kier alpha value is -1.32. The Labute approximate surface area is 93.7 Å². The highest BCUT2D eigenvalue weighted by Crippen LogP contribution is 2.38. The van der Waals surface area contributed by atoms with Crippen LogP contribution in [0.1, 0.15) is 48.9 Å². The number of aliphatic carboxylic acids is 1. The minimum atomic E-state index is -0.716. The van der Waals surface area contributed by atoms with Crippen molar-refractivity contribution < 1.29 is 14.3 Å². The number of nitrogens with zero attached hydrogens (tertiary/aromatic N) is 1. The van der Waals surface area contributed by atoms with Gasteiger partial charge in [-0.15, -0.1) is 0 Å². The summed E-state index contributed by atoms with van der Waals surface area (Å²) in [7, 11) is 0. The second kappa shape index (κ2) is 3.61. The fourth-order valence-electron chi connectivity index (χ4n) is 2.44. The number of rotatable bonds is 2. The molecule has 0 saturated heterocycles. The molecule has 0 bridgehead atoms. The van der Waals surface area contributed by atoms with Crippen molar-refractivity contribution in [3.8, 4) is 0 Å². The Balaban J connectivity index is 1.82. The summed E-state index contributed by atoms with van der Waals surface area (Å²) in [5.74, 6) is 1.17. The van der Waals surface area contributed by atoms with Crippen LogP contribution in [0.15, 0.2) is 4.42 Å². The van der Waals surface area contributed by atoms with E-state index < -0.39 is 5.97 Å². The van der Waals surface area contributed by atoms with Gasteiger partial charge in [0.15, 0.2) is 5.89 Å². The van der Waals surface area contributed by atoms with Crippen LogP contribution in [-0.4, -0.2) is 16.1 Å². The van der Waals surface area contributed by atoms with Crippen LogP contribution in [0.4, 0.5) is 0 Å². The van der Waals surface area contributed by atoms with Crippen LogP contribution >= 0.6 is 0 Å². The van der Waals surface area contributed by atoms with Gasteiger partial charge in [-0.05, 0) is 25.7 Å². The van der Waals surface area contributed by atoms with Gasteiger partial charge in [-0.2, -0.15) is 0 Å². The molecule has 4 heteroatoms. The molecule has 0 spiro atoms. The fraction of sp³-hybridized carbons (Fsp3) is 0.667. The average Bonchev–Trinajstić information content (AvgIpc) is 2.56. The lowest BCUT2D eigenvalue weighted by Crippen LogP contribution is -2.21. The molecule has 1 aromatic rings. The molecular formula is C12H15NO3. The molecule has 86 valence electrons. The Morgan fingerprint density at radius 1 is 1.38 bits per heavy atom. The van der Waals surface area contributed by atoms with Crippen LogP contribution in [-0.2, 0) is 17.6 Å². The molecule has 0 radical (unpaired) electrons. The van der Waals surface area contributed by atoms with Crippen molar-refractivity contribution in [2.24, 2.45) is 5.92 Å². The maximum Gasteiger partial charge on any atom is 0.306 e. The third-order valence-corrected chi connectivity index (χ3v) is 3.76. The van der Waals surface area contributed by atoms with Crippen molar-refractivity contribution in [1.29, 1.82) is 0 Å². The fourth-order valence-corrected chi connectivity index (χ4v) is 2.44. The maximum atomic E-state index is 10.9. The highest BCUT2D eigenvalue weighted by Gasteiger charge is 2.31. The molecule has 2 aliphatic carbocycles. The summed E-state index contributed by atoms with van der Waals surface area (Å²) in [5.41, 5.74) is 0.999. The molecular weight excluding hydrogens is 206 g/mol. The molecule has 16 heavy (non-hydrogen) atoms. The molecule has 0 aliphatic heterocycles. The first kappa shape index (κ1) is 9.87. The largest absolute Gasteiger partial charge is 0.481 e. The number of carbonyl (C=O) groups is 1. The first-order valence-corrected chi connectivity index (χ1v) is 5.95. The zero-order chi connectivity index (χ0) is 11.1. The highest BCUT2D eigenvalue weighted by atomic mass is 16.4. The van der Waals surface area contributed by atoms with Crippen LogP contribution in [0.5, 0.6) is 0 Å². The van der Waals surface area contributed by atoms with E-state index in [1.54, 1.807) is 0 Å². The van der Waals surface area contributed by atoms with Gasteiger partial charge in [0.2, 0.25) is 0 Å². The highest BCUT2D eigenvalue weighted by molar-refractivity contribution is 5.70. The lowest BCUT2D eigenvalue weighted by molar-refractivity contribution is -0.142. The molecule has 2 aliphatic rings. The number of aryl methyl sites for hydroxylation is 1. The average molecular weight is 221 g/mol. The minimum absolute atomic E-state index is 0.283. The summed E-state index contributed by atoms with van der Waals surface area (Å²) in [6, 6.07) is 0. The molecule has 1 fully saturated rings. The predicted molar refractivity (Wildman–Crippen MR) is 56.2 cm³/mol. The molecule has 0 amide bonds. The first-order chi connectivity index (χ1) is 7.74. The summed E-state index contributed by atoms with van der Waals surface area (Å²) in [6.45, 7) is 0. The van der Waals surface area contributed by atoms with Gasteiger partial charge < -0.3 is 9.52 Å². The van der Waals surface area contributed by atoms with Crippen molar-refractivity contribution in [3.63, 3.8) is 0 Å². The van der Waals surface area contributed by atoms with E-state index >= 15 is 0 Å². The quantitative estimate of drug-likeness (QED) is 0.830. The van der Waals surface area contributed by atoms with Gasteiger partial charge in [-0.25, -0.2) is 4.98 Å². The molecule has 1 heterocycles. The zero-order valence-corrected chi connectivity index (χ0v) is 9.11. The van der Waals surface area contributed by atoms with E-state index in [2.05, 4.69) is 4.98 Å². The van der Waals surface area contributed by atoms with Crippen molar-refractivity contribution in [2.45, 2.75) is 44.4 Å². The van der Waals surface area contributed by atoms with Crippen molar-refractivity contribution in [3.05, 3.63) is 17.3 Å². The topological polar surface area (TPSA) is 63.3 Å². The molecule has 4 nitrogen and oxygen atoms in total. The van der Waals surface area contributed by atoms with E-state index in [4.69, 9.17) is 9.52 Å². The molecule has 1 aromatic heterocycles. The third kappa shape index (κ3) is 1.52. The number of carboxylic acids is 1. The molecule has 3 rings (SSSR count). The monoisotopic (exact) mass is 221 g/mol. The lowest BCUT2D eigenvalue weighted by atomic mass is 9.85. The third-order valence-electron chi connectivity index (χ3n) is 3.76. The van der Waals surface area contributed by atoms with E-state index in [0.29, 0.717) is 18.8 Å². The van der Waals surface area contributed by atoms with Gasteiger partial charge in [-0.3, -0.25) is 4.79 Å². The second-order valence-electron chi connectivity index (χ2n) is 4.83. The Morgan fingerprint density at radius 3 is 2.81 bits per heavy atom. The summed E-state index contributed by atoms with van der Waals surface area (Å²) in [4.78, 5) is 15.4. The van der Waals surface area contributed by atoms with Crippen LogP contribution in [0.25, 0.3) is 0 Å². The Kier molecular flexibility index (Phi) is 2.23. The molecule has 1 atom stereocenters. The number of carboxylic acid groups (broad SMARTS) is 1. The van der Waals surface area contributed by atoms with Crippen LogP contribution in [0.3, 0.4) is 0 Å². The maximum absolute atomic E-state index is 10.9. The van der Waals surface area contributed by atoms with E-state index in [-0.39, 0.29) is 5.92 Å². The van der Waals surface area contributed by atoms with Crippen molar-refractivity contribution in [2.75, 3.05) is 0 Å². The zero-order valence-electron chi connectivity index (χ0n) is 9.11.